The third kappa shape index (κ3) is 4.97. The van der Waals surface area contributed by atoms with Gasteiger partial charge in [0, 0.05) is 11.3 Å². The Morgan fingerprint density at radius 2 is 2.00 bits per heavy atom. The number of hydrogen-bond acceptors (Lipinski definition) is 8. The Labute approximate surface area is 202 Å². The lowest BCUT2D eigenvalue weighted by atomic mass is 9.98. The number of aromatic nitrogens is 3. The van der Waals surface area contributed by atoms with Crippen LogP contribution in [0, 0.1) is 11.3 Å². The first-order valence-corrected chi connectivity index (χ1v) is 11.7. The Kier molecular flexibility index (Phi) is 6.04. The van der Waals surface area contributed by atoms with Crippen molar-refractivity contribution < 1.29 is 26.3 Å². The zero-order chi connectivity index (χ0) is 25.6. The maximum Gasteiger partial charge on any atom is 0.417 e. The van der Waals surface area contributed by atoms with Crippen molar-refractivity contribution in [1.29, 1.82) is 5.26 Å². The molecule has 2 aromatic carbocycles. The quantitative estimate of drug-likeness (QED) is 0.361. The van der Waals surface area contributed by atoms with E-state index in [0.717, 1.165) is 12.1 Å². The molecule has 5 N–H and O–H groups in total. The van der Waals surface area contributed by atoms with E-state index in [-0.39, 0.29) is 33.9 Å². The van der Waals surface area contributed by atoms with Crippen LogP contribution in [-0.4, -0.2) is 36.2 Å². The summed E-state index contributed by atoms with van der Waals surface area (Å²) in [7, 11) is -3.10. The highest BCUT2D eigenvalue weighted by molar-refractivity contribution is 7.89. The average molecular weight is 528 g/mol. The van der Waals surface area contributed by atoms with Crippen molar-refractivity contribution >= 4 is 39.2 Å². The Bertz CT molecular complexity index is 1450. The molecule has 1 aliphatic rings. The van der Waals surface area contributed by atoms with Crippen LogP contribution in [-0.2, 0) is 16.2 Å². The molecule has 4 rings (SSSR count). The van der Waals surface area contributed by atoms with Crippen LogP contribution in [0.3, 0.4) is 0 Å². The monoisotopic (exact) mass is 527 g/mol. The van der Waals surface area contributed by atoms with E-state index < -0.39 is 37.8 Å². The second kappa shape index (κ2) is 8.59. The first-order valence-electron chi connectivity index (χ1n) is 9.87. The van der Waals surface area contributed by atoms with Gasteiger partial charge in [-0.25, -0.2) is 13.5 Å². The average Bonchev–Trinajstić information content (AvgIpc) is 3.43. The fraction of sp³-hybridized carbons (Fsp3) is 0.250. The zero-order valence-electron chi connectivity index (χ0n) is 17.9. The molecule has 0 amide bonds. The van der Waals surface area contributed by atoms with Gasteiger partial charge in [-0.2, -0.15) is 28.1 Å². The SMILES string of the molecule is COc1ccc(-c2c(Cl)cc(Nc3n[nH]c(N)n3)cc2C(F)(F)F)cc1S(=O)(=O)NC1(C#N)CC1. The standard InChI is InChI=1S/C20H17ClF3N7O3S/c1-34-14-3-2-10(6-15(14)35(32,33)31-19(9-25)4-5-19)16-12(20(22,23)24)7-11(8-13(16)21)27-18-28-17(26)29-30-18/h2-3,6-8,31H,4-5H2,1H3,(H4,26,27,28,29,30). The highest BCUT2D eigenvalue weighted by Gasteiger charge is 2.47. The molecule has 35 heavy (non-hydrogen) atoms. The number of H-pyrrole nitrogens is 1. The number of nitrogens with zero attached hydrogens (tertiary/aromatic N) is 3. The summed E-state index contributed by atoms with van der Waals surface area (Å²) in [4.78, 5) is 3.34. The molecule has 0 spiro atoms. The van der Waals surface area contributed by atoms with Crippen molar-refractivity contribution in [3.05, 3.63) is 40.9 Å². The topological polar surface area (TPSA) is 159 Å². The minimum atomic E-state index is -4.86. The van der Waals surface area contributed by atoms with Gasteiger partial charge in [0.05, 0.1) is 23.8 Å². The number of ether oxygens (including phenoxy) is 1. The predicted octanol–water partition coefficient (Wildman–Crippen LogP) is 3.81. The molecule has 184 valence electrons. The maximum absolute atomic E-state index is 14.1. The second-order valence-corrected chi connectivity index (χ2v) is 9.77. The molecular formula is C20H17ClF3N7O3S. The number of methoxy groups -OCH3 is 1. The lowest BCUT2D eigenvalue weighted by molar-refractivity contribution is -0.137. The van der Waals surface area contributed by atoms with E-state index in [9.17, 15) is 26.9 Å². The van der Waals surface area contributed by atoms with Crippen LogP contribution in [0.4, 0.5) is 30.8 Å². The molecule has 0 atom stereocenters. The van der Waals surface area contributed by atoms with Crippen molar-refractivity contribution in [3.63, 3.8) is 0 Å². The van der Waals surface area contributed by atoms with Crippen molar-refractivity contribution in [2.75, 3.05) is 18.2 Å². The molecule has 1 saturated carbocycles. The highest BCUT2D eigenvalue weighted by atomic mass is 35.5. The fourth-order valence-corrected chi connectivity index (χ4v) is 5.27. The number of sulfonamides is 1. The summed E-state index contributed by atoms with van der Waals surface area (Å²) in [5.74, 6) is -0.230. The number of nitrogens with one attached hydrogen (secondary N) is 3. The summed E-state index contributed by atoms with van der Waals surface area (Å²) < 4.78 is 75.6. The van der Waals surface area contributed by atoms with Gasteiger partial charge >= 0.3 is 6.18 Å². The van der Waals surface area contributed by atoms with Gasteiger partial charge in [0.15, 0.2) is 0 Å². The number of nitrogens with two attached hydrogens (primary N) is 1. The van der Waals surface area contributed by atoms with E-state index in [4.69, 9.17) is 22.1 Å². The van der Waals surface area contributed by atoms with Crippen LogP contribution in [0.1, 0.15) is 18.4 Å². The van der Waals surface area contributed by atoms with Crippen molar-refractivity contribution in [3.8, 4) is 22.9 Å². The predicted molar refractivity (Wildman–Crippen MR) is 120 cm³/mol. The lowest BCUT2D eigenvalue weighted by Gasteiger charge is -2.19. The third-order valence-electron chi connectivity index (χ3n) is 5.19. The largest absolute Gasteiger partial charge is 0.495 e. The van der Waals surface area contributed by atoms with Gasteiger partial charge in [-0.1, -0.05) is 17.7 Å². The minimum Gasteiger partial charge on any atom is -0.495 e. The molecule has 1 aliphatic carbocycles. The first-order chi connectivity index (χ1) is 16.4. The van der Waals surface area contributed by atoms with E-state index in [0.29, 0.717) is 12.8 Å². The number of benzene rings is 2. The molecule has 1 fully saturated rings. The molecular weight excluding hydrogens is 511 g/mol. The summed E-state index contributed by atoms with van der Waals surface area (Å²) in [5.41, 5.74) is 2.41. The van der Waals surface area contributed by atoms with Crippen LogP contribution in [0.25, 0.3) is 11.1 Å². The van der Waals surface area contributed by atoms with E-state index >= 15 is 0 Å². The number of anilines is 3. The van der Waals surface area contributed by atoms with Crippen molar-refractivity contribution in [1.82, 2.24) is 19.9 Å². The van der Waals surface area contributed by atoms with E-state index in [2.05, 4.69) is 25.2 Å². The summed E-state index contributed by atoms with van der Waals surface area (Å²) in [6, 6.07) is 7.40. The van der Waals surface area contributed by atoms with Crippen molar-refractivity contribution in [2.45, 2.75) is 29.5 Å². The Balaban J connectivity index is 1.83. The molecule has 0 radical (unpaired) electrons. The Morgan fingerprint density at radius 3 is 2.54 bits per heavy atom. The number of rotatable bonds is 7. The zero-order valence-corrected chi connectivity index (χ0v) is 19.4. The molecule has 1 heterocycles. The number of halogens is 4. The number of hydrogen-bond donors (Lipinski definition) is 4. The van der Waals surface area contributed by atoms with E-state index in [1.165, 1.54) is 25.3 Å². The summed E-state index contributed by atoms with van der Waals surface area (Å²) in [6.07, 6.45) is -4.22. The van der Waals surface area contributed by atoms with Crippen molar-refractivity contribution in [2.24, 2.45) is 0 Å². The second-order valence-electron chi connectivity index (χ2n) is 7.71. The molecule has 1 aromatic heterocycles. The number of nitriles is 1. The van der Waals surface area contributed by atoms with E-state index in [1.807, 2.05) is 6.07 Å². The summed E-state index contributed by atoms with van der Waals surface area (Å²) in [5, 5.41) is 17.6. The molecule has 0 aliphatic heterocycles. The van der Waals surface area contributed by atoms with Gasteiger partial charge in [0.1, 0.15) is 16.2 Å². The molecule has 10 nitrogen and oxygen atoms in total. The van der Waals surface area contributed by atoms with Gasteiger partial charge < -0.3 is 15.8 Å². The first kappa shape index (κ1) is 24.6. The summed E-state index contributed by atoms with van der Waals surface area (Å²) >= 11 is 6.27. The number of alkyl halides is 3. The van der Waals surface area contributed by atoms with Crippen LogP contribution in [0.15, 0.2) is 35.2 Å². The molecule has 15 heteroatoms. The van der Waals surface area contributed by atoms with E-state index in [1.54, 1.807) is 0 Å². The summed E-state index contributed by atoms with van der Waals surface area (Å²) in [6.45, 7) is 0. The smallest absolute Gasteiger partial charge is 0.417 e. The van der Waals surface area contributed by atoms with Gasteiger partial charge in [-0.15, -0.1) is 5.10 Å². The highest BCUT2D eigenvalue weighted by Crippen LogP contribution is 2.45. The molecule has 0 bridgehead atoms. The lowest BCUT2D eigenvalue weighted by Crippen LogP contribution is -2.35. The Morgan fingerprint density at radius 1 is 1.29 bits per heavy atom. The molecule has 0 saturated heterocycles. The number of nitrogen functional groups attached to an aromatic ring is 1. The van der Waals surface area contributed by atoms with Gasteiger partial charge in [0.25, 0.3) is 0 Å². The maximum atomic E-state index is 14.1. The van der Waals surface area contributed by atoms with Crippen LogP contribution in [0.2, 0.25) is 5.02 Å². The fourth-order valence-electron chi connectivity index (χ4n) is 3.37. The molecule has 3 aromatic rings. The van der Waals surface area contributed by atoms with Crippen LogP contribution in [0.5, 0.6) is 5.75 Å². The van der Waals surface area contributed by atoms with Gasteiger partial charge in [0.2, 0.25) is 21.9 Å². The van der Waals surface area contributed by atoms with Gasteiger partial charge in [-0.3, -0.25) is 0 Å². The Hall–Kier alpha value is -3.54. The van der Waals surface area contributed by atoms with Crippen LogP contribution < -0.4 is 20.5 Å². The number of aromatic amines is 1. The van der Waals surface area contributed by atoms with Gasteiger partial charge in [-0.05, 0) is 42.7 Å². The third-order valence-corrected chi connectivity index (χ3v) is 7.05. The van der Waals surface area contributed by atoms with Crippen LogP contribution >= 0.6 is 11.6 Å². The molecule has 0 unspecified atom stereocenters. The minimum absolute atomic E-state index is 0.0452. The normalized spacial score (nSPS) is 14.9.